The lowest BCUT2D eigenvalue weighted by Gasteiger charge is -2.13. The molecule has 0 bridgehead atoms. The smallest absolute Gasteiger partial charge is 0.312 e. The van der Waals surface area contributed by atoms with Crippen molar-refractivity contribution in [2.75, 3.05) is 12.1 Å². The molecule has 2 aromatic heterocycles. The summed E-state index contributed by atoms with van der Waals surface area (Å²) in [5, 5.41) is 4.60. The first-order valence-electron chi connectivity index (χ1n) is 7.89. The molecule has 1 atom stereocenters. The van der Waals surface area contributed by atoms with Crippen LogP contribution in [0.4, 0.5) is 5.69 Å². The van der Waals surface area contributed by atoms with Crippen LogP contribution in [0.25, 0.3) is 4.96 Å². The minimum atomic E-state index is -0.934. The van der Waals surface area contributed by atoms with Crippen LogP contribution in [0, 0.1) is 0 Å². The lowest BCUT2D eigenvalue weighted by atomic mass is 10.2. The topological polar surface area (TPSA) is 91.2 Å². The number of carbonyl (C=O) groups is 2. The quantitative estimate of drug-likeness (QED) is 0.690. The Morgan fingerprint density at radius 3 is 3.08 bits per heavy atom. The Morgan fingerprint density at radius 2 is 2.23 bits per heavy atom. The SMILES string of the molecule is C[C@H](OC(=O)Cc1cn2ccsc2n1)C(=O)Nc1ccc2c(c1)OCO2. The summed E-state index contributed by atoms with van der Waals surface area (Å²) in [4.78, 5) is 29.4. The van der Waals surface area contributed by atoms with Gasteiger partial charge in [0.25, 0.3) is 5.91 Å². The van der Waals surface area contributed by atoms with Gasteiger partial charge in [0.2, 0.25) is 6.79 Å². The average molecular weight is 373 g/mol. The molecule has 9 heteroatoms. The van der Waals surface area contributed by atoms with E-state index in [9.17, 15) is 9.59 Å². The number of esters is 1. The van der Waals surface area contributed by atoms with Gasteiger partial charge in [0.15, 0.2) is 22.6 Å². The van der Waals surface area contributed by atoms with Crippen molar-refractivity contribution in [1.29, 1.82) is 0 Å². The molecule has 8 nitrogen and oxygen atoms in total. The van der Waals surface area contributed by atoms with Gasteiger partial charge in [-0.1, -0.05) is 0 Å². The molecule has 1 aliphatic heterocycles. The predicted molar refractivity (Wildman–Crippen MR) is 93.5 cm³/mol. The van der Waals surface area contributed by atoms with E-state index in [0.717, 1.165) is 4.96 Å². The zero-order chi connectivity index (χ0) is 18.1. The van der Waals surface area contributed by atoms with Crippen LogP contribution in [0.15, 0.2) is 36.0 Å². The number of imidazole rings is 1. The Bertz CT molecular complexity index is 951. The fourth-order valence-electron chi connectivity index (χ4n) is 2.52. The molecule has 0 unspecified atom stereocenters. The highest BCUT2D eigenvalue weighted by atomic mass is 32.1. The molecule has 0 aliphatic carbocycles. The Morgan fingerprint density at radius 1 is 1.38 bits per heavy atom. The van der Waals surface area contributed by atoms with Crippen LogP contribution < -0.4 is 14.8 Å². The minimum absolute atomic E-state index is 0.00996. The number of fused-ring (bicyclic) bond motifs is 2. The molecular formula is C17H15N3O5S. The van der Waals surface area contributed by atoms with Crippen LogP contribution in [0.3, 0.4) is 0 Å². The Kier molecular flexibility index (Phi) is 4.21. The number of nitrogens with one attached hydrogen (secondary N) is 1. The zero-order valence-electron chi connectivity index (χ0n) is 13.8. The molecule has 1 aromatic carbocycles. The number of hydrogen-bond acceptors (Lipinski definition) is 7. The molecule has 3 heterocycles. The normalized spacial score (nSPS) is 13.6. The van der Waals surface area contributed by atoms with Gasteiger partial charge in [-0.15, -0.1) is 11.3 Å². The van der Waals surface area contributed by atoms with Crippen LogP contribution in [0.1, 0.15) is 12.6 Å². The highest BCUT2D eigenvalue weighted by molar-refractivity contribution is 7.15. The molecule has 1 aliphatic rings. The number of benzene rings is 1. The van der Waals surface area contributed by atoms with Crippen LogP contribution in [-0.2, 0) is 20.7 Å². The first-order chi connectivity index (χ1) is 12.6. The fraction of sp³-hybridized carbons (Fsp3) is 0.235. The van der Waals surface area contributed by atoms with Gasteiger partial charge in [0.1, 0.15) is 0 Å². The predicted octanol–water partition coefficient (Wildman–Crippen LogP) is 2.24. The number of nitrogens with zero attached hydrogens (tertiary/aromatic N) is 2. The van der Waals surface area contributed by atoms with E-state index in [1.54, 1.807) is 24.4 Å². The summed E-state index contributed by atoms with van der Waals surface area (Å²) in [6.45, 7) is 1.68. The van der Waals surface area contributed by atoms with Gasteiger partial charge in [-0.05, 0) is 19.1 Å². The highest BCUT2D eigenvalue weighted by Gasteiger charge is 2.20. The Balaban J connectivity index is 1.33. The van der Waals surface area contributed by atoms with Crippen LogP contribution in [-0.4, -0.2) is 34.2 Å². The first-order valence-corrected chi connectivity index (χ1v) is 8.77. The maximum atomic E-state index is 12.2. The van der Waals surface area contributed by atoms with Gasteiger partial charge in [0.05, 0.1) is 12.1 Å². The number of rotatable bonds is 5. The van der Waals surface area contributed by atoms with Crippen molar-refractivity contribution < 1.29 is 23.8 Å². The lowest BCUT2D eigenvalue weighted by molar-refractivity contribution is -0.152. The number of ether oxygens (including phenoxy) is 3. The van der Waals surface area contributed by atoms with E-state index in [4.69, 9.17) is 14.2 Å². The number of hydrogen-bond donors (Lipinski definition) is 1. The van der Waals surface area contributed by atoms with Gasteiger partial charge in [-0.25, -0.2) is 4.98 Å². The van der Waals surface area contributed by atoms with Crippen molar-refractivity contribution in [3.05, 3.63) is 41.7 Å². The van der Waals surface area contributed by atoms with E-state index in [2.05, 4.69) is 10.3 Å². The maximum absolute atomic E-state index is 12.2. The van der Waals surface area contributed by atoms with Crippen molar-refractivity contribution in [1.82, 2.24) is 9.38 Å². The largest absolute Gasteiger partial charge is 0.454 e. The van der Waals surface area contributed by atoms with E-state index >= 15 is 0 Å². The molecule has 0 spiro atoms. The summed E-state index contributed by atoms with van der Waals surface area (Å²) in [5.74, 6) is 0.252. The molecule has 3 aromatic rings. The molecule has 4 rings (SSSR count). The van der Waals surface area contributed by atoms with Crippen molar-refractivity contribution in [3.63, 3.8) is 0 Å². The van der Waals surface area contributed by atoms with Crippen LogP contribution in [0.5, 0.6) is 11.5 Å². The van der Waals surface area contributed by atoms with Crippen molar-refractivity contribution in [2.45, 2.75) is 19.4 Å². The molecule has 1 amide bonds. The first kappa shape index (κ1) is 16.4. The van der Waals surface area contributed by atoms with E-state index < -0.39 is 18.0 Å². The third-order valence-corrected chi connectivity index (χ3v) is 4.56. The summed E-state index contributed by atoms with van der Waals surface area (Å²) in [6.07, 6.45) is 2.71. The molecule has 0 saturated heterocycles. The lowest BCUT2D eigenvalue weighted by Crippen LogP contribution is -2.30. The van der Waals surface area contributed by atoms with Crippen LogP contribution in [0.2, 0.25) is 0 Å². The fourth-order valence-corrected chi connectivity index (χ4v) is 3.24. The summed E-state index contributed by atoms with van der Waals surface area (Å²) in [6, 6.07) is 5.06. The van der Waals surface area contributed by atoms with E-state index in [0.29, 0.717) is 22.9 Å². The molecule has 0 saturated carbocycles. The van der Waals surface area contributed by atoms with E-state index in [1.807, 2.05) is 16.0 Å². The summed E-state index contributed by atoms with van der Waals surface area (Å²) in [7, 11) is 0. The van der Waals surface area contributed by atoms with Crippen molar-refractivity contribution in [3.8, 4) is 11.5 Å². The molecule has 26 heavy (non-hydrogen) atoms. The van der Waals surface area contributed by atoms with Crippen molar-refractivity contribution in [2.24, 2.45) is 0 Å². The average Bonchev–Trinajstić information content (AvgIpc) is 3.29. The van der Waals surface area contributed by atoms with E-state index in [1.165, 1.54) is 18.3 Å². The maximum Gasteiger partial charge on any atom is 0.312 e. The number of carbonyl (C=O) groups excluding carboxylic acids is 2. The molecule has 1 N–H and O–H groups in total. The number of amides is 1. The molecule has 134 valence electrons. The Labute approximate surface area is 152 Å². The zero-order valence-corrected chi connectivity index (χ0v) is 14.6. The summed E-state index contributed by atoms with van der Waals surface area (Å²) < 4.78 is 17.5. The Hall–Kier alpha value is -3.07. The third-order valence-electron chi connectivity index (χ3n) is 3.79. The van der Waals surface area contributed by atoms with Gasteiger partial charge in [0, 0.05) is 29.5 Å². The molecule has 0 fully saturated rings. The van der Waals surface area contributed by atoms with Gasteiger partial charge < -0.3 is 19.5 Å². The van der Waals surface area contributed by atoms with Gasteiger partial charge in [-0.3, -0.25) is 14.0 Å². The number of thiazole rings is 1. The molecule has 0 radical (unpaired) electrons. The van der Waals surface area contributed by atoms with E-state index in [-0.39, 0.29) is 13.2 Å². The monoisotopic (exact) mass is 373 g/mol. The minimum Gasteiger partial charge on any atom is -0.454 e. The molecular weight excluding hydrogens is 358 g/mol. The number of aromatic nitrogens is 2. The van der Waals surface area contributed by atoms with Crippen molar-refractivity contribution >= 4 is 33.9 Å². The summed E-state index contributed by atoms with van der Waals surface area (Å²) in [5.41, 5.74) is 1.14. The second-order valence-corrected chi connectivity index (χ2v) is 6.56. The highest BCUT2D eigenvalue weighted by Crippen LogP contribution is 2.34. The third kappa shape index (κ3) is 3.33. The summed E-state index contributed by atoms with van der Waals surface area (Å²) >= 11 is 1.48. The van der Waals surface area contributed by atoms with Gasteiger partial charge in [-0.2, -0.15) is 0 Å². The second-order valence-electron chi connectivity index (χ2n) is 5.69. The van der Waals surface area contributed by atoms with Crippen LogP contribution >= 0.6 is 11.3 Å². The number of anilines is 1. The van der Waals surface area contributed by atoms with Gasteiger partial charge >= 0.3 is 5.97 Å². The standard InChI is InChI=1S/C17H15N3O5S/c1-10(16(22)18-11-2-3-13-14(6-11)24-9-23-13)25-15(21)7-12-8-20-4-5-26-17(20)19-12/h2-6,8,10H,7,9H2,1H3,(H,18,22)/t10-/m0/s1. The second kappa shape index (κ2) is 6.68.